The van der Waals surface area contributed by atoms with Crippen LogP contribution in [-0.4, -0.2) is 36.2 Å². The van der Waals surface area contributed by atoms with Gasteiger partial charge in [-0.2, -0.15) is 0 Å². The molecule has 0 heterocycles. The number of hydrogen-bond donors (Lipinski definition) is 2. The van der Waals surface area contributed by atoms with E-state index in [-0.39, 0.29) is 18.4 Å². The quantitative estimate of drug-likeness (QED) is 0.612. The Balaban J connectivity index is 3.98. The Labute approximate surface area is 96.2 Å². The van der Waals surface area contributed by atoms with Crippen molar-refractivity contribution in [1.82, 2.24) is 5.32 Å². The summed E-state index contributed by atoms with van der Waals surface area (Å²) in [6.45, 7) is 6.20. The normalized spacial score (nSPS) is 12.5. The first-order valence-electron chi connectivity index (χ1n) is 5.57. The summed E-state index contributed by atoms with van der Waals surface area (Å²) in [6, 6.07) is -0.822. The number of rotatable bonds is 8. The highest BCUT2D eigenvalue weighted by atomic mass is 16.5. The monoisotopic (exact) mass is 231 g/mol. The Kier molecular flexibility index (Phi) is 7.54. The Hall–Kier alpha value is -1.10. The molecule has 0 radical (unpaired) electrons. The molecule has 0 rings (SSSR count). The Morgan fingerprint density at radius 1 is 1.38 bits per heavy atom. The summed E-state index contributed by atoms with van der Waals surface area (Å²) in [6.07, 6.45) is 1.26. The predicted molar refractivity (Wildman–Crippen MR) is 60.1 cm³/mol. The molecule has 94 valence electrons. The summed E-state index contributed by atoms with van der Waals surface area (Å²) < 4.78 is 5.03. The number of carboxylic acids is 1. The van der Waals surface area contributed by atoms with Gasteiger partial charge in [-0.1, -0.05) is 20.8 Å². The molecule has 0 aromatic carbocycles. The second kappa shape index (κ2) is 8.10. The van der Waals surface area contributed by atoms with Crippen molar-refractivity contribution in [2.24, 2.45) is 5.92 Å². The smallest absolute Gasteiger partial charge is 0.326 e. The van der Waals surface area contributed by atoms with Crippen molar-refractivity contribution < 1.29 is 19.4 Å². The van der Waals surface area contributed by atoms with Gasteiger partial charge in [-0.3, -0.25) is 4.79 Å². The molecule has 0 bridgehead atoms. The van der Waals surface area contributed by atoms with Crippen molar-refractivity contribution in [3.05, 3.63) is 0 Å². The molecule has 0 aromatic rings. The van der Waals surface area contributed by atoms with Crippen LogP contribution in [0, 0.1) is 5.92 Å². The van der Waals surface area contributed by atoms with E-state index in [0.29, 0.717) is 13.0 Å². The molecule has 0 saturated heterocycles. The maximum Gasteiger partial charge on any atom is 0.326 e. The highest BCUT2D eigenvalue weighted by molar-refractivity contribution is 5.84. The van der Waals surface area contributed by atoms with Gasteiger partial charge >= 0.3 is 5.97 Å². The van der Waals surface area contributed by atoms with Gasteiger partial charge in [-0.05, 0) is 18.8 Å². The van der Waals surface area contributed by atoms with E-state index in [0.717, 1.165) is 6.42 Å². The number of carbonyl (C=O) groups is 2. The average molecular weight is 231 g/mol. The van der Waals surface area contributed by atoms with Crippen LogP contribution in [-0.2, 0) is 14.3 Å². The van der Waals surface area contributed by atoms with Gasteiger partial charge in [0.15, 0.2) is 0 Å². The molecule has 1 atom stereocenters. The first-order valence-corrected chi connectivity index (χ1v) is 5.57. The van der Waals surface area contributed by atoms with Gasteiger partial charge in [-0.25, -0.2) is 4.79 Å². The van der Waals surface area contributed by atoms with Crippen LogP contribution < -0.4 is 5.32 Å². The number of amides is 1. The van der Waals surface area contributed by atoms with Gasteiger partial charge < -0.3 is 15.2 Å². The average Bonchev–Trinajstić information content (AvgIpc) is 2.16. The van der Waals surface area contributed by atoms with E-state index in [1.165, 1.54) is 0 Å². The minimum atomic E-state index is -1.00. The van der Waals surface area contributed by atoms with Crippen molar-refractivity contribution in [3.63, 3.8) is 0 Å². The fourth-order valence-corrected chi connectivity index (χ4v) is 1.24. The lowest BCUT2D eigenvalue weighted by Gasteiger charge is -2.16. The van der Waals surface area contributed by atoms with E-state index >= 15 is 0 Å². The summed E-state index contributed by atoms with van der Waals surface area (Å²) in [5, 5.41) is 11.3. The lowest BCUT2D eigenvalue weighted by molar-refractivity contribution is -0.143. The molecule has 1 amide bonds. The van der Waals surface area contributed by atoms with Crippen LogP contribution in [0.25, 0.3) is 0 Å². The minimum Gasteiger partial charge on any atom is -0.480 e. The second-order valence-electron chi connectivity index (χ2n) is 4.14. The Morgan fingerprint density at radius 2 is 2.00 bits per heavy atom. The van der Waals surface area contributed by atoms with Crippen molar-refractivity contribution >= 4 is 11.9 Å². The maximum atomic E-state index is 11.3. The summed E-state index contributed by atoms with van der Waals surface area (Å²) in [4.78, 5) is 22.2. The number of nitrogens with one attached hydrogen (secondary N) is 1. The van der Waals surface area contributed by atoms with Crippen LogP contribution in [0.3, 0.4) is 0 Å². The highest BCUT2D eigenvalue weighted by Gasteiger charge is 2.20. The lowest BCUT2D eigenvalue weighted by Crippen LogP contribution is -2.43. The van der Waals surface area contributed by atoms with Crippen molar-refractivity contribution in [3.8, 4) is 0 Å². The third-order valence-corrected chi connectivity index (χ3v) is 1.92. The van der Waals surface area contributed by atoms with Crippen LogP contribution in [0.15, 0.2) is 0 Å². The van der Waals surface area contributed by atoms with Crippen molar-refractivity contribution in [1.29, 1.82) is 0 Å². The first-order chi connectivity index (χ1) is 7.47. The molecule has 5 heteroatoms. The predicted octanol–water partition coefficient (Wildman–Crippen LogP) is 1.03. The van der Waals surface area contributed by atoms with Crippen molar-refractivity contribution in [2.45, 2.75) is 39.7 Å². The Bertz CT molecular complexity index is 228. The number of carboxylic acid groups (broad SMARTS) is 1. The van der Waals surface area contributed by atoms with E-state index in [2.05, 4.69) is 5.32 Å². The summed E-state index contributed by atoms with van der Waals surface area (Å²) in [7, 11) is 0. The first kappa shape index (κ1) is 14.9. The third-order valence-electron chi connectivity index (χ3n) is 1.92. The molecule has 5 nitrogen and oxygen atoms in total. The molecule has 0 aliphatic heterocycles. The third kappa shape index (κ3) is 7.23. The molecule has 0 fully saturated rings. The van der Waals surface area contributed by atoms with E-state index in [4.69, 9.17) is 9.84 Å². The fraction of sp³-hybridized carbons (Fsp3) is 0.818. The zero-order valence-corrected chi connectivity index (χ0v) is 10.2. The molecule has 16 heavy (non-hydrogen) atoms. The highest BCUT2D eigenvalue weighted by Crippen LogP contribution is 2.04. The minimum absolute atomic E-state index is 0.0737. The van der Waals surface area contributed by atoms with Gasteiger partial charge in [0.2, 0.25) is 5.91 Å². The molecule has 0 aliphatic carbocycles. The number of hydrogen-bond acceptors (Lipinski definition) is 3. The lowest BCUT2D eigenvalue weighted by atomic mass is 10.0. The standard InChI is InChI=1S/C11H21NO4/c1-4-5-16-7-10(13)12-9(11(14)15)6-8(2)3/h8-9H,4-7H2,1-3H3,(H,12,13)(H,14,15)/t9-/m1/s1. The number of carbonyl (C=O) groups excluding carboxylic acids is 1. The molecule has 0 spiro atoms. The SMILES string of the molecule is CCCOCC(=O)N[C@H](CC(C)C)C(=O)O. The topological polar surface area (TPSA) is 75.6 Å². The maximum absolute atomic E-state index is 11.3. The summed E-state index contributed by atoms with van der Waals surface area (Å²) in [5.74, 6) is -1.16. The van der Waals surface area contributed by atoms with Gasteiger partial charge in [0.05, 0.1) is 0 Å². The van der Waals surface area contributed by atoms with E-state index < -0.39 is 12.0 Å². The molecule has 2 N–H and O–H groups in total. The van der Waals surface area contributed by atoms with Crippen LogP contribution in [0.2, 0.25) is 0 Å². The summed E-state index contributed by atoms with van der Waals surface area (Å²) >= 11 is 0. The zero-order valence-electron chi connectivity index (χ0n) is 10.2. The van der Waals surface area contributed by atoms with Gasteiger partial charge in [0.25, 0.3) is 0 Å². The van der Waals surface area contributed by atoms with E-state index in [1.54, 1.807) is 0 Å². The van der Waals surface area contributed by atoms with Crippen LogP contribution >= 0.6 is 0 Å². The van der Waals surface area contributed by atoms with Gasteiger partial charge in [-0.15, -0.1) is 0 Å². The zero-order chi connectivity index (χ0) is 12.6. The number of ether oxygens (including phenoxy) is 1. The van der Waals surface area contributed by atoms with Crippen LogP contribution in [0.5, 0.6) is 0 Å². The Morgan fingerprint density at radius 3 is 2.44 bits per heavy atom. The molecule has 0 aromatic heterocycles. The van der Waals surface area contributed by atoms with E-state index in [9.17, 15) is 9.59 Å². The van der Waals surface area contributed by atoms with Crippen LogP contribution in [0.1, 0.15) is 33.6 Å². The van der Waals surface area contributed by atoms with Gasteiger partial charge in [0.1, 0.15) is 12.6 Å². The van der Waals surface area contributed by atoms with Gasteiger partial charge in [0, 0.05) is 6.61 Å². The molecule has 0 saturated carbocycles. The van der Waals surface area contributed by atoms with Crippen molar-refractivity contribution in [2.75, 3.05) is 13.2 Å². The fourth-order valence-electron chi connectivity index (χ4n) is 1.24. The molecular weight excluding hydrogens is 210 g/mol. The largest absolute Gasteiger partial charge is 0.480 e. The summed E-state index contributed by atoms with van der Waals surface area (Å²) in [5.41, 5.74) is 0. The number of aliphatic carboxylic acids is 1. The molecular formula is C11H21NO4. The van der Waals surface area contributed by atoms with Crippen LogP contribution in [0.4, 0.5) is 0 Å². The van der Waals surface area contributed by atoms with E-state index in [1.807, 2.05) is 20.8 Å². The molecule has 0 aliphatic rings. The molecule has 0 unspecified atom stereocenters. The second-order valence-corrected chi connectivity index (χ2v) is 4.14.